The van der Waals surface area contributed by atoms with Gasteiger partial charge in [-0.05, 0) is 43.5 Å². The van der Waals surface area contributed by atoms with E-state index in [9.17, 15) is 8.42 Å². The fraction of sp³-hybridized carbons (Fsp3) is 0.556. The van der Waals surface area contributed by atoms with E-state index in [0.29, 0.717) is 19.5 Å². The Hall–Kier alpha value is -1.62. The van der Waals surface area contributed by atoms with E-state index < -0.39 is 10.0 Å². The van der Waals surface area contributed by atoms with E-state index in [0.717, 1.165) is 47.5 Å². The minimum Gasteiger partial charge on any atom is -0.497 e. The normalized spacial score (nSPS) is 17.1. The number of nitrogens with one attached hydrogen (secondary N) is 1. The summed E-state index contributed by atoms with van der Waals surface area (Å²) in [5, 5.41) is 9.60. The zero-order valence-corrected chi connectivity index (χ0v) is 17.8. The van der Waals surface area contributed by atoms with Gasteiger partial charge in [0, 0.05) is 24.5 Å². The molecular weight excluding hydrogens is 400 g/mol. The second-order valence-electron chi connectivity index (χ2n) is 6.65. The quantitative estimate of drug-likeness (QED) is 0.459. The summed E-state index contributed by atoms with van der Waals surface area (Å²) in [5.41, 5.74) is 0.969. The van der Waals surface area contributed by atoms with Crippen LogP contribution in [0, 0.1) is 0 Å². The summed E-state index contributed by atoms with van der Waals surface area (Å²) in [6.45, 7) is 1.92. The van der Waals surface area contributed by atoms with Crippen LogP contribution in [0.2, 0.25) is 0 Å². The van der Waals surface area contributed by atoms with Crippen molar-refractivity contribution in [3.05, 3.63) is 24.3 Å². The van der Waals surface area contributed by atoms with Crippen LogP contribution in [-0.4, -0.2) is 61.6 Å². The molecule has 10 heteroatoms. The Labute approximate surface area is 170 Å². The number of thioether (sulfide) groups is 1. The van der Waals surface area contributed by atoms with E-state index in [-0.39, 0.29) is 6.10 Å². The molecule has 1 aromatic heterocycles. The largest absolute Gasteiger partial charge is 0.497 e. The van der Waals surface area contributed by atoms with Crippen molar-refractivity contribution in [2.24, 2.45) is 0 Å². The molecule has 1 aliphatic rings. The van der Waals surface area contributed by atoms with Gasteiger partial charge in [-0.3, -0.25) is 4.57 Å². The predicted octanol–water partition coefficient (Wildman–Crippen LogP) is 2.16. The van der Waals surface area contributed by atoms with Gasteiger partial charge in [0.1, 0.15) is 5.75 Å². The highest BCUT2D eigenvalue weighted by Crippen LogP contribution is 2.27. The second kappa shape index (κ2) is 9.73. The van der Waals surface area contributed by atoms with Gasteiger partial charge in [-0.1, -0.05) is 11.8 Å². The Kier molecular flexibility index (Phi) is 7.33. The lowest BCUT2D eigenvalue weighted by atomic mass is 10.2. The maximum atomic E-state index is 11.2. The Balaban J connectivity index is 1.72. The molecule has 28 heavy (non-hydrogen) atoms. The maximum Gasteiger partial charge on any atom is 0.208 e. The number of sulfonamides is 1. The first-order valence-corrected chi connectivity index (χ1v) is 12.1. The summed E-state index contributed by atoms with van der Waals surface area (Å²) >= 11 is 1.58. The van der Waals surface area contributed by atoms with Crippen LogP contribution < -0.4 is 9.46 Å². The molecule has 0 radical (unpaired) electrons. The molecule has 1 fully saturated rings. The van der Waals surface area contributed by atoms with E-state index in [4.69, 9.17) is 9.47 Å². The highest BCUT2D eigenvalue weighted by molar-refractivity contribution is 7.99. The molecule has 1 atom stereocenters. The van der Waals surface area contributed by atoms with Crippen LogP contribution in [0.5, 0.6) is 5.75 Å². The van der Waals surface area contributed by atoms with Crippen LogP contribution in [-0.2, 0) is 21.3 Å². The minimum absolute atomic E-state index is 0.166. The lowest BCUT2D eigenvalue weighted by molar-refractivity contribution is 0.0953. The molecule has 1 aliphatic heterocycles. The number of benzene rings is 1. The molecule has 3 rings (SSSR count). The molecule has 0 spiro atoms. The van der Waals surface area contributed by atoms with Crippen LogP contribution in [0.25, 0.3) is 11.4 Å². The molecule has 0 saturated carbocycles. The number of methoxy groups -OCH3 is 1. The first-order chi connectivity index (χ1) is 13.5. The fourth-order valence-corrected chi connectivity index (χ4v) is 4.40. The molecule has 2 aromatic rings. The standard InChI is InChI=1S/C18H26N4O4S2/c1-25-15-8-6-14(7-9-15)17-20-21-18(22(17)13-16-5-3-11-26-16)27-12-4-10-19-28(2,23)24/h6-9,16,19H,3-5,10-13H2,1-2H3. The molecule has 0 amide bonds. The van der Waals surface area contributed by atoms with Gasteiger partial charge in [0.15, 0.2) is 11.0 Å². The van der Waals surface area contributed by atoms with Gasteiger partial charge in [0.05, 0.1) is 26.0 Å². The lowest BCUT2D eigenvalue weighted by Gasteiger charge is -2.15. The Morgan fingerprint density at radius 1 is 1.32 bits per heavy atom. The first kappa shape index (κ1) is 21.1. The van der Waals surface area contributed by atoms with Crippen LogP contribution in [0.1, 0.15) is 19.3 Å². The second-order valence-corrected chi connectivity index (χ2v) is 9.54. The third-order valence-corrected chi connectivity index (χ3v) is 6.17. The molecule has 0 bridgehead atoms. The number of hydrogen-bond donors (Lipinski definition) is 1. The number of rotatable bonds is 10. The third kappa shape index (κ3) is 5.94. The van der Waals surface area contributed by atoms with Gasteiger partial charge < -0.3 is 9.47 Å². The van der Waals surface area contributed by atoms with Crippen molar-refractivity contribution in [1.29, 1.82) is 0 Å². The van der Waals surface area contributed by atoms with Gasteiger partial charge in [-0.25, -0.2) is 13.1 Å². The third-order valence-electron chi connectivity index (χ3n) is 4.39. The zero-order valence-electron chi connectivity index (χ0n) is 16.1. The minimum atomic E-state index is -3.15. The van der Waals surface area contributed by atoms with Crippen molar-refractivity contribution in [1.82, 2.24) is 19.5 Å². The van der Waals surface area contributed by atoms with Crippen molar-refractivity contribution in [2.45, 2.75) is 37.1 Å². The highest BCUT2D eigenvalue weighted by Gasteiger charge is 2.21. The fourth-order valence-electron chi connectivity index (χ4n) is 3.00. The van der Waals surface area contributed by atoms with Crippen LogP contribution >= 0.6 is 11.8 Å². The maximum absolute atomic E-state index is 11.2. The average Bonchev–Trinajstić information content (AvgIpc) is 3.31. The van der Waals surface area contributed by atoms with Crippen molar-refractivity contribution in [2.75, 3.05) is 32.3 Å². The summed E-state index contributed by atoms with van der Waals surface area (Å²) in [4.78, 5) is 0. The summed E-state index contributed by atoms with van der Waals surface area (Å²) in [6, 6.07) is 7.76. The van der Waals surface area contributed by atoms with E-state index in [1.807, 2.05) is 24.3 Å². The SMILES string of the molecule is COc1ccc(-c2nnc(SCCCNS(C)(=O)=O)n2CC2CCCO2)cc1. The molecule has 1 N–H and O–H groups in total. The van der Waals surface area contributed by atoms with E-state index >= 15 is 0 Å². The van der Waals surface area contributed by atoms with Gasteiger partial charge in [-0.15, -0.1) is 10.2 Å². The van der Waals surface area contributed by atoms with E-state index in [1.54, 1.807) is 18.9 Å². The Morgan fingerprint density at radius 3 is 2.75 bits per heavy atom. The van der Waals surface area contributed by atoms with Gasteiger partial charge >= 0.3 is 0 Å². The van der Waals surface area contributed by atoms with Crippen LogP contribution in [0.15, 0.2) is 29.4 Å². The summed E-state index contributed by atoms with van der Waals surface area (Å²) in [6.07, 6.45) is 4.15. The predicted molar refractivity (Wildman–Crippen MR) is 109 cm³/mol. The lowest BCUT2D eigenvalue weighted by Crippen LogP contribution is -2.23. The van der Waals surface area contributed by atoms with Gasteiger partial charge in [0.2, 0.25) is 10.0 Å². The Bertz CT molecular complexity index is 862. The number of ether oxygens (including phenoxy) is 2. The van der Waals surface area contributed by atoms with Gasteiger partial charge in [-0.2, -0.15) is 0 Å². The summed E-state index contributed by atoms with van der Waals surface area (Å²) in [5.74, 6) is 2.34. The molecule has 154 valence electrons. The zero-order chi connectivity index (χ0) is 20.0. The summed E-state index contributed by atoms with van der Waals surface area (Å²) in [7, 11) is -1.51. The topological polar surface area (TPSA) is 95.3 Å². The van der Waals surface area contributed by atoms with Crippen molar-refractivity contribution in [3.8, 4) is 17.1 Å². The van der Waals surface area contributed by atoms with E-state index in [2.05, 4.69) is 19.5 Å². The number of aromatic nitrogens is 3. The highest BCUT2D eigenvalue weighted by atomic mass is 32.2. The van der Waals surface area contributed by atoms with E-state index in [1.165, 1.54) is 6.26 Å². The summed E-state index contributed by atoms with van der Waals surface area (Å²) < 4.78 is 38.0. The van der Waals surface area contributed by atoms with Crippen molar-refractivity contribution >= 4 is 21.8 Å². The molecule has 8 nitrogen and oxygen atoms in total. The molecule has 2 heterocycles. The Morgan fingerprint density at radius 2 is 2.11 bits per heavy atom. The molecular formula is C18H26N4O4S2. The molecule has 0 aliphatic carbocycles. The van der Waals surface area contributed by atoms with Crippen LogP contribution in [0.3, 0.4) is 0 Å². The van der Waals surface area contributed by atoms with Crippen molar-refractivity contribution in [3.63, 3.8) is 0 Å². The van der Waals surface area contributed by atoms with Gasteiger partial charge in [0.25, 0.3) is 0 Å². The van der Waals surface area contributed by atoms with Crippen LogP contribution in [0.4, 0.5) is 0 Å². The molecule has 1 unspecified atom stereocenters. The average molecular weight is 427 g/mol. The molecule has 1 saturated heterocycles. The van der Waals surface area contributed by atoms with Crippen molar-refractivity contribution < 1.29 is 17.9 Å². The number of nitrogens with zero attached hydrogens (tertiary/aromatic N) is 3. The number of hydrogen-bond acceptors (Lipinski definition) is 7. The first-order valence-electron chi connectivity index (χ1n) is 9.23. The molecule has 1 aromatic carbocycles. The smallest absolute Gasteiger partial charge is 0.208 e. The monoisotopic (exact) mass is 426 g/mol.